The van der Waals surface area contributed by atoms with E-state index in [0.717, 1.165) is 11.4 Å². The third-order valence-corrected chi connectivity index (χ3v) is 3.87. The Morgan fingerprint density at radius 1 is 0.870 bits per heavy atom. The fraction of sp³-hybridized carbons (Fsp3) is 0.222. The number of hydrogen-bond donors (Lipinski definition) is 1. The minimum Gasteiger partial charge on any atom is -0.322 e. The Morgan fingerprint density at radius 3 is 2.22 bits per heavy atom. The van der Waals surface area contributed by atoms with Gasteiger partial charge < -0.3 is 15.1 Å². The minimum atomic E-state index is -0.168. The average Bonchev–Trinajstić information content (AvgIpc) is 2.78. The van der Waals surface area contributed by atoms with Crippen molar-refractivity contribution >= 4 is 23.3 Å². The highest BCUT2D eigenvalue weighted by atomic mass is 16.2. The summed E-state index contributed by atoms with van der Waals surface area (Å²) in [6, 6.07) is 18.7. The van der Waals surface area contributed by atoms with Crippen molar-refractivity contribution in [1.82, 2.24) is 4.90 Å². The molecular weight excluding hydrogens is 290 g/mol. The van der Waals surface area contributed by atoms with Gasteiger partial charge in [0.2, 0.25) is 5.91 Å². The Labute approximate surface area is 135 Å². The van der Waals surface area contributed by atoms with Crippen LogP contribution in [0.4, 0.5) is 16.2 Å². The molecule has 2 aromatic rings. The SMILES string of the molecule is O=C(Nc1ccccc1)N1CCC(=O)N(c2ccccc2)CC1. The topological polar surface area (TPSA) is 52.7 Å². The van der Waals surface area contributed by atoms with Crippen LogP contribution in [0.3, 0.4) is 0 Å². The summed E-state index contributed by atoms with van der Waals surface area (Å²) in [6.07, 6.45) is 0.330. The van der Waals surface area contributed by atoms with E-state index in [-0.39, 0.29) is 11.9 Å². The van der Waals surface area contributed by atoms with Crippen LogP contribution in [0.1, 0.15) is 6.42 Å². The molecule has 0 saturated carbocycles. The molecule has 118 valence electrons. The zero-order valence-electron chi connectivity index (χ0n) is 12.8. The molecule has 0 aliphatic carbocycles. The monoisotopic (exact) mass is 309 g/mol. The number of amides is 3. The molecule has 1 saturated heterocycles. The van der Waals surface area contributed by atoms with E-state index >= 15 is 0 Å². The first-order chi connectivity index (χ1) is 11.2. The predicted octanol–water partition coefficient (Wildman–Crippen LogP) is 2.96. The highest BCUT2D eigenvalue weighted by Gasteiger charge is 2.24. The van der Waals surface area contributed by atoms with E-state index in [1.807, 2.05) is 60.7 Å². The first kappa shape index (κ1) is 15.1. The van der Waals surface area contributed by atoms with Gasteiger partial charge in [0.1, 0.15) is 0 Å². The van der Waals surface area contributed by atoms with E-state index < -0.39 is 0 Å². The second kappa shape index (κ2) is 6.96. The number of urea groups is 1. The molecule has 5 nitrogen and oxygen atoms in total. The summed E-state index contributed by atoms with van der Waals surface area (Å²) in [5, 5.41) is 2.87. The lowest BCUT2D eigenvalue weighted by molar-refractivity contribution is -0.118. The number of carbonyl (C=O) groups is 2. The van der Waals surface area contributed by atoms with Crippen molar-refractivity contribution in [3.63, 3.8) is 0 Å². The van der Waals surface area contributed by atoms with Crippen molar-refractivity contribution < 1.29 is 9.59 Å². The lowest BCUT2D eigenvalue weighted by Gasteiger charge is -2.22. The van der Waals surface area contributed by atoms with Crippen molar-refractivity contribution in [1.29, 1.82) is 0 Å². The second-order valence-corrected chi connectivity index (χ2v) is 5.41. The van der Waals surface area contributed by atoms with Crippen LogP contribution in [0.5, 0.6) is 0 Å². The second-order valence-electron chi connectivity index (χ2n) is 5.41. The molecule has 2 aromatic carbocycles. The summed E-state index contributed by atoms with van der Waals surface area (Å²) in [5.74, 6) is 0.0474. The van der Waals surface area contributed by atoms with Crippen LogP contribution in [0.15, 0.2) is 60.7 Å². The van der Waals surface area contributed by atoms with E-state index in [9.17, 15) is 9.59 Å². The Kier molecular flexibility index (Phi) is 4.57. The van der Waals surface area contributed by atoms with Gasteiger partial charge in [0, 0.05) is 37.4 Å². The highest BCUT2D eigenvalue weighted by molar-refractivity contribution is 5.95. The van der Waals surface area contributed by atoms with E-state index in [1.165, 1.54) is 0 Å². The van der Waals surface area contributed by atoms with Crippen molar-refractivity contribution in [2.24, 2.45) is 0 Å². The molecule has 0 spiro atoms. The smallest absolute Gasteiger partial charge is 0.321 e. The van der Waals surface area contributed by atoms with Crippen LogP contribution in [0, 0.1) is 0 Å². The van der Waals surface area contributed by atoms with Gasteiger partial charge in [0.05, 0.1) is 0 Å². The maximum atomic E-state index is 12.4. The summed E-state index contributed by atoms with van der Waals surface area (Å²) < 4.78 is 0. The number of hydrogen-bond acceptors (Lipinski definition) is 2. The Balaban J connectivity index is 1.66. The summed E-state index contributed by atoms with van der Waals surface area (Å²) in [6.45, 7) is 1.45. The molecule has 0 unspecified atom stereocenters. The van der Waals surface area contributed by atoms with Crippen molar-refractivity contribution in [2.75, 3.05) is 29.9 Å². The lowest BCUT2D eigenvalue weighted by Crippen LogP contribution is -2.38. The van der Waals surface area contributed by atoms with Gasteiger partial charge in [0.15, 0.2) is 0 Å². The fourth-order valence-electron chi connectivity index (χ4n) is 2.63. The summed E-state index contributed by atoms with van der Waals surface area (Å²) in [5.41, 5.74) is 1.64. The quantitative estimate of drug-likeness (QED) is 0.927. The van der Waals surface area contributed by atoms with Crippen LogP contribution >= 0.6 is 0 Å². The standard InChI is InChI=1S/C18H19N3O2/c22-17-11-12-20(18(23)19-15-7-3-1-4-8-15)13-14-21(17)16-9-5-2-6-10-16/h1-10H,11-14H2,(H,19,23). The maximum Gasteiger partial charge on any atom is 0.321 e. The molecule has 23 heavy (non-hydrogen) atoms. The molecule has 0 bridgehead atoms. The number of nitrogens with zero attached hydrogens (tertiary/aromatic N) is 2. The predicted molar refractivity (Wildman–Crippen MR) is 90.4 cm³/mol. The number of anilines is 2. The molecule has 1 heterocycles. The van der Waals surface area contributed by atoms with Crippen LogP contribution < -0.4 is 10.2 Å². The summed E-state index contributed by atoms with van der Waals surface area (Å²) >= 11 is 0. The van der Waals surface area contributed by atoms with Crippen molar-refractivity contribution in [2.45, 2.75) is 6.42 Å². The van der Waals surface area contributed by atoms with Gasteiger partial charge in [-0.2, -0.15) is 0 Å². The lowest BCUT2D eigenvalue weighted by atomic mass is 10.2. The number of para-hydroxylation sites is 2. The van der Waals surface area contributed by atoms with Gasteiger partial charge in [-0.1, -0.05) is 36.4 Å². The molecule has 0 radical (unpaired) electrons. The third-order valence-electron chi connectivity index (χ3n) is 3.87. The number of rotatable bonds is 2. The van der Waals surface area contributed by atoms with Crippen molar-refractivity contribution in [3.05, 3.63) is 60.7 Å². The molecule has 1 aliphatic heterocycles. The Hall–Kier alpha value is -2.82. The largest absolute Gasteiger partial charge is 0.322 e. The fourth-order valence-corrected chi connectivity index (χ4v) is 2.63. The number of benzene rings is 2. The molecule has 1 fully saturated rings. The van der Waals surface area contributed by atoms with Crippen LogP contribution in [-0.4, -0.2) is 36.5 Å². The van der Waals surface area contributed by atoms with Gasteiger partial charge in [0.25, 0.3) is 0 Å². The van der Waals surface area contributed by atoms with Gasteiger partial charge in [-0.15, -0.1) is 0 Å². The molecule has 0 aromatic heterocycles. The van der Waals surface area contributed by atoms with Crippen LogP contribution in [0.25, 0.3) is 0 Å². The molecule has 5 heteroatoms. The van der Waals surface area contributed by atoms with Gasteiger partial charge >= 0.3 is 6.03 Å². The van der Waals surface area contributed by atoms with Gasteiger partial charge in [-0.3, -0.25) is 4.79 Å². The first-order valence-electron chi connectivity index (χ1n) is 7.70. The van der Waals surface area contributed by atoms with Crippen LogP contribution in [0.2, 0.25) is 0 Å². The zero-order chi connectivity index (χ0) is 16.1. The van der Waals surface area contributed by atoms with E-state index in [4.69, 9.17) is 0 Å². The molecule has 0 atom stereocenters. The molecule has 1 N–H and O–H groups in total. The van der Waals surface area contributed by atoms with Crippen molar-refractivity contribution in [3.8, 4) is 0 Å². The molecular formula is C18H19N3O2. The Morgan fingerprint density at radius 2 is 1.52 bits per heavy atom. The molecule has 3 amide bonds. The number of carbonyl (C=O) groups excluding carboxylic acids is 2. The molecule has 3 rings (SSSR count). The van der Waals surface area contributed by atoms with E-state index in [2.05, 4.69) is 5.32 Å². The van der Waals surface area contributed by atoms with Crippen LogP contribution in [-0.2, 0) is 4.79 Å². The average molecular weight is 309 g/mol. The zero-order valence-corrected chi connectivity index (χ0v) is 12.8. The van der Waals surface area contributed by atoms with Gasteiger partial charge in [-0.05, 0) is 24.3 Å². The van der Waals surface area contributed by atoms with E-state index in [1.54, 1.807) is 9.80 Å². The maximum absolute atomic E-state index is 12.4. The Bertz CT molecular complexity index is 673. The summed E-state index contributed by atoms with van der Waals surface area (Å²) in [4.78, 5) is 28.1. The third kappa shape index (κ3) is 3.69. The minimum absolute atomic E-state index is 0.0474. The van der Waals surface area contributed by atoms with E-state index in [0.29, 0.717) is 26.1 Å². The number of nitrogens with one attached hydrogen (secondary N) is 1. The molecule has 1 aliphatic rings. The summed E-state index contributed by atoms with van der Waals surface area (Å²) in [7, 11) is 0. The van der Waals surface area contributed by atoms with Gasteiger partial charge in [-0.25, -0.2) is 4.79 Å². The highest BCUT2D eigenvalue weighted by Crippen LogP contribution is 2.17. The first-order valence-corrected chi connectivity index (χ1v) is 7.70. The normalized spacial score (nSPS) is 15.2.